The molecule has 0 bridgehead atoms. The monoisotopic (exact) mass is 303 g/mol. The van der Waals surface area contributed by atoms with Crippen molar-refractivity contribution in [3.63, 3.8) is 0 Å². The van der Waals surface area contributed by atoms with Crippen LogP contribution in [0.15, 0.2) is 54.6 Å². The number of amides is 1. The molecule has 1 atom stereocenters. The molecule has 0 aliphatic carbocycles. The average molecular weight is 304 g/mol. The molecule has 0 aliphatic rings. The van der Waals surface area contributed by atoms with Crippen molar-refractivity contribution in [3.05, 3.63) is 65.2 Å². The molecule has 0 aliphatic heterocycles. The molecule has 0 saturated heterocycles. The summed E-state index contributed by atoms with van der Waals surface area (Å²) in [5.74, 6) is 0.525. The molecule has 1 N–H and O–H groups in total. The predicted octanol–water partition coefficient (Wildman–Crippen LogP) is 3.81. The highest BCUT2D eigenvalue weighted by Gasteiger charge is 2.17. The lowest BCUT2D eigenvalue weighted by atomic mass is 10.2. The smallest absolute Gasteiger partial charge is 0.261 e. The number of carbonyl (C=O) groups is 1. The van der Waals surface area contributed by atoms with Gasteiger partial charge in [-0.1, -0.05) is 48.9 Å². The predicted molar refractivity (Wildman–Crippen MR) is 84.4 cm³/mol. The molecule has 110 valence electrons. The van der Waals surface area contributed by atoms with Gasteiger partial charge in [-0.05, 0) is 36.2 Å². The maximum Gasteiger partial charge on any atom is 0.261 e. The SMILES string of the molecule is CC[C@@H](Oc1ccc(Cl)cc1)C(=O)NCc1ccccc1. The molecule has 1 amide bonds. The average Bonchev–Trinajstić information content (AvgIpc) is 2.53. The topological polar surface area (TPSA) is 38.3 Å². The Morgan fingerprint density at radius 3 is 2.43 bits per heavy atom. The van der Waals surface area contributed by atoms with Crippen LogP contribution in [0.3, 0.4) is 0 Å². The number of ether oxygens (including phenoxy) is 1. The molecule has 0 radical (unpaired) electrons. The highest BCUT2D eigenvalue weighted by atomic mass is 35.5. The summed E-state index contributed by atoms with van der Waals surface area (Å²) < 4.78 is 5.70. The van der Waals surface area contributed by atoms with E-state index in [1.807, 2.05) is 37.3 Å². The van der Waals surface area contributed by atoms with E-state index >= 15 is 0 Å². The Bertz CT molecular complexity index is 569. The third-order valence-electron chi connectivity index (χ3n) is 3.06. The molecule has 21 heavy (non-hydrogen) atoms. The van der Waals surface area contributed by atoms with Crippen molar-refractivity contribution < 1.29 is 9.53 Å². The molecule has 0 unspecified atom stereocenters. The van der Waals surface area contributed by atoms with Crippen molar-refractivity contribution in [2.45, 2.75) is 26.0 Å². The van der Waals surface area contributed by atoms with Crippen LogP contribution in [0.25, 0.3) is 0 Å². The van der Waals surface area contributed by atoms with Gasteiger partial charge in [0.05, 0.1) is 0 Å². The molecular formula is C17H18ClNO2. The summed E-state index contributed by atoms with van der Waals surface area (Å²) in [5, 5.41) is 3.53. The Labute approximate surface area is 129 Å². The second-order valence-corrected chi connectivity index (χ2v) is 5.11. The minimum Gasteiger partial charge on any atom is -0.481 e. The molecule has 0 fully saturated rings. The molecule has 0 spiro atoms. The lowest BCUT2D eigenvalue weighted by Crippen LogP contribution is -2.37. The van der Waals surface area contributed by atoms with E-state index in [-0.39, 0.29) is 5.91 Å². The second-order valence-electron chi connectivity index (χ2n) is 4.67. The first-order chi connectivity index (χ1) is 10.2. The first kappa shape index (κ1) is 15.4. The van der Waals surface area contributed by atoms with E-state index in [1.165, 1.54) is 0 Å². The van der Waals surface area contributed by atoms with Gasteiger partial charge >= 0.3 is 0 Å². The van der Waals surface area contributed by atoms with Gasteiger partial charge in [0.25, 0.3) is 5.91 Å². The van der Waals surface area contributed by atoms with Crippen LogP contribution in [0.1, 0.15) is 18.9 Å². The van der Waals surface area contributed by atoms with Gasteiger partial charge < -0.3 is 10.1 Å². The van der Waals surface area contributed by atoms with E-state index in [9.17, 15) is 4.79 Å². The molecule has 0 saturated carbocycles. The van der Waals surface area contributed by atoms with Crippen molar-refractivity contribution >= 4 is 17.5 Å². The van der Waals surface area contributed by atoms with Crippen LogP contribution in [0, 0.1) is 0 Å². The van der Waals surface area contributed by atoms with E-state index in [0.29, 0.717) is 23.7 Å². The summed E-state index contributed by atoms with van der Waals surface area (Å²) in [5.41, 5.74) is 1.06. The summed E-state index contributed by atoms with van der Waals surface area (Å²) in [6, 6.07) is 16.8. The number of nitrogens with one attached hydrogen (secondary N) is 1. The Hall–Kier alpha value is -2.00. The quantitative estimate of drug-likeness (QED) is 0.881. The Balaban J connectivity index is 1.90. The number of benzene rings is 2. The van der Waals surface area contributed by atoms with Gasteiger partial charge in [-0.25, -0.2) is 0 Å². The third kappa shape index (κ3) is 4.80. The van der Waals surface area contributed by atoms with E-state index in [0.717, 1.165) is 5.56 Å². The minimum absolute atomic E-state index is 0.115. The number of carbonyl (C=O) groups excluding carboxylic acids is 1. The van der Waals surface area contributed by atoms with E-state index in [2.05, 4.69) is 5.32 Å². The molecule has 2 aromatic rings. The van der Waals surface area contributed by atoms with Gasteiger partial charge in [0, 0.05) is 11.6 Å². The number of halogens is 1. The van der Waals surface area contributed by atoms with Crippen molar-refractivity contribution in [2.75, 3.05) is 0 Å². The minimum atomic E-state index is -0.505. The van der Waals surface area contributed by atoms with E-state index in [1.54, 1.807) is 24.3 Å². The molecule has 2 rings (SSSR count). The van der Waals surface area contributed by atoms with Crippen LogP contribution in [0.2, 0.25) is 5.02 Å². The summed E-state index contributed by atoms with van der Waals surface area (Å²) in [6.45, 7) is 2.42. The summed E-state index contributed by atoms with van der Waals surface area (Å²) in [4.78, 5) is 12.2. The van der Waals surface area contributed by atoms with E-state index in [4.69, 9.17) is 16.3 Å². The van der Waals surface area contributed by atoms with Gasteiger partial charge in [0.2, 0.25) is 0 Å². The van der Waals surface area contributed by atoms with Gasteiger partial charge in [-0.3, -0.25) is 4.79 Å². The van der Waals surface area contributed by atoms with Crippen LogP contribution >= 0.6 is 11.6 Å². The van der Waals surface area contributed by atoms with Crippen LogP contribution in [-0.4, -0.2) is 12.0 Å². The Kier molecular flexibility index (Phi) is 5.64. The fourth-order valence-corrected chi connectivity index (χ4v) is 2.02. The molecular weight excluding hydrogens is 286 g/mol. The highest BCUT2D eigenvalue weighted by Crippen LogP contribution is 2.17. The second kappa shape index (κ2) is 7.70. The van der Waals surface area contributed by atoms with Crippen molar-refractivity contribution in [2.24, 2.45) is 0 Å². The van der Waals surface area contributed by atoms with Crippen LogP contribution < -0.4 is 10.1 Å². The Morgan fingerprint density at radius 2 is 1.81 bits per heavy atom. The molecule has 0 aromatic heterocycles. The van der Waals surface area contributed by atoms with Crippen LogP contribution in [-0.2, 0) is 11.3 Å². The first-order valence-electron chi connectivity index (χ1n) is 6.93. The van der Waals surface area contributed by atoms with Crippen LogP contribution in [0.5, 0.6) is 5.75 Å². The molecule has 4 heteroatoms. The van der Waals surface area contributed by atoms with Crippen molar-refractivity contribution in [3.8, 4) is 5.75 Å². The lowest BCUT2D eigenvalue weighted by molar-refractivity contribution is -0.128. The summed E-state index contributed by atoms with van der Waals surface area (Å²) in [7, 11) is 0. The van der Waals surface area contributed by atoms with Gasteiger partial charge in [0.1, 0.15) is 5.75 Å². The number of hydrogen-bond donors (Lipinski definition) is 1. The number of hydrogen-bond acceptors (Lipinski definition) is 2. The highest BCUT2D eigenvalue weighted by molar-refractivity contribution is 6.30. The first-order valence-corrected chi connectivity index (χ1v) is 7.30. The third-order valence-corrected chi connectivity index (χ3v) is 3.32. The Morgan fingerprint density at radius 1 is 1.14 bits per heavy atom. The van der Waals surface area contributed by atoms with Gasteiger partial charge in [0.15, 0.2) is 6.10 Å². The zero-order chi connectivity index (χ0) is 15.1. The zero-order valence-corrected chi connectivity index (χ0v) is 12.6. The maximum absolute atomic E-state index is 12.2. The molecule has 0 heterocycles. The fourth-order valence-electron chi connectivity index (χ4n) is 1.90. The lowest BCUT2D eigenvalue weighted by Gasteiger charge is -2.17. The van der Waals surface area contributed by atoms with Crippen molar-refractivity contribution in [1.29, 1.82) is 0 Å². The standard InChI is InChI=1S/C17H18ClNO2/c1-2-16(21-15-10-8-14(18)9-11-15)17(20)19-12-13-6-4-3-5-7-13/h3-11,16H,2,12H2,1H3,(H,19,20)/t16-/m1/s1. The van der Waals surface area contributed by atoms with Gasteiger partial charge in [-0.15, -0.1) is 0 Å². The maximum atomic E-state index is 12.2. The normalized spacial score (nSPS) is 11.7. The summed E-state index contributed by atoms with van der Waals surface area (Å²) >= 11 is 5.83. The molecule has 3 nitrogen and oxygen atoms in total. The zero-order valence-electron chi connectivity index (χ0n) is 11.9. The van der Waals surface area contributed by atoms with Crippen molar-refractivity contribution in [1.82, 2.24) is 5.32 Å². The number of rotatable bonds is 6. The molecule has 2 aromatic carbocycles. The fraction of sp³-hybridized carbons (Fsp3) is 0.235. The summed E-state index contributed by atoms with van der Waals surface area (Å²) in [6.07, 6.45) is 0.0957. The van der Waals surface area contributed by atoms with Gasteiger partial charge in [-0.2, -0.15) is 0 Å². The van der Waals surface area contributed by atoms with Crippen LogP contribution in [0.4, 0.5) is 0 Å². The largest absolute Gasteiger partial charge is 0.481 e. The van der Waals surface area contributed by atoms with E-state index < -0.39 is 6.10 Å².